The van der Waals surface area contributed by atoms with E-state index < -0.39 is 27.9 Å². The number of carbonyl (C=O) groups is 1. The van der Waals surface area contributed by atoms with Crippen molar-refractivity contribution in [3.05, 3.63) is 54.1 Å². The van der Waals surface area contributed by atoms with Crippen LogP contribution in [0.3, 0.4) is 0 Å². The summed E-state index contributed by atoms with van der Waals surface area (Å²) in [7, 11) is -3.29. The standard InChI is InChI=1S/C19H22N2O5S.C9H18.C3H8O/c1-27(24,25)17-7-3-6-15(9-17)14-5-2-4-13(8-14)11-21-18(19(20)23)10-16(12-22)26-21;1-8-5-4-6-9(2,3)7-8;1-2-3-4/h2-9,16,18,22H,10-12H2,1H3,(H2,20,23);8H,4-7H2,1-3H3;4H,2-3H2,1H3/t16?,18-;;/m0../s1. The zero-order valence-electron chi connectivity index (χ0n) is 24.7. The maximum Gasteiger partial charge on any atom is 0.237 e. The zero-order chi connectivity index (χ0) is 29.9. The smallest absolute Gasteiger partial charge is 0.237 e. The summed E-state index contributed by atoms with van der Waals surface area (Å²) in [5, 5.41) is 18.7. The van der Waals surface area contributed by atoms with Gasteiger partial charge in [0, 0.05) is 19.3 Å². The number of aliphatic hydroxyl groups is 2. The quantitative estimate of drug-likeness (QED) is 0.435. The number of hydrogen-bond acceptors (Lipinski definition) is 7. The van der Waals surface area contributed by atoms with E-state index in [9.17, 15) is 18.3 Å². The Morgan fingerprint density at radius 1 is 1.12 bits per heavy atom. The molecule has 40 heavy (non-hydrogen) atoms. The van der Waals surface area contributed by atoms with Crippen molar-refractivity contribution in [1.29, 1.82) is 0 Å². The summed E-state index contributed by atoms with van der Waals surface area (Å²) in [4.78, 5) is 17.5. The zero-order valence-corrected chi connectivity index (χ0v) is 25.5. The third kappa shape index (κ3) is 10.9. The number of aliphatic hydroxyl groups excluding tert-OH is 2. The molecule has 3 atom stereocenters. The molecule has 1 aliphatic heterocycles. The number of nitrogens with zero attached hydrogens (tertiary/aromatic N) is 1. The van der Waals surface area contributed by atoms with Crippen molar-refractivity contribution in [2.75, 3.05) is 19.5 Å². The lowest BCUT2D eigenvalue weighted by molar-refractivity contribution is -0.180. The first-order valence-corrected chi connectivity index (χ1v) is 16.0. The average Bonchev–Trinajstić information content (AvgIpc) is 3.31. The fourth-order valence-corrected chi connectivity index (χ4v) is 5.87. The minimum atomic E-state index is -3.29. The van der Waals surface area contributed by atoms with E-state index in [2.05, 4.69) is 20.8 Å². The van der Waals surface area contributed by atoms with Gasteiger partial charge in [0.25, 0.3) is 0 Å². The van der Waals surface area contributed by atoms with Crippen LogP contribution in [-0.2, 0) is 26.0 Å². The molecule has 4 N–H and O–H groups in total. The summed E-state index contributed by atoms with van der Waals surface area (Å²) in [6.07, 6.45) is 7.75. The number of hydroxylamine groups is 2. The van der Waals surface area contributed by atoms with Gasteiger partial charge < -0.3 is 15.9 Å². The molecule has 2 unspecified atom stereocenters. The van der Waals surface area contributed by atoms with Crippen molar-refractivity contribution >= 4 is 15.7 Å². The van der Waals surface area contributed by atoms with Crippen molar-refractivity contribution in [2.45, 2.75) is 89.8 Å². The predicted octanol–water partition coefficient (Wildman–Crippen LogP) is 4.72. The number of amides is 1. The van der Waals surface area contributed by atoms with Crippen molar-refractivity contribution in [2.24, 2.45) is 17.1 Å². The van der Waals surface area contributed by atoms with Crippen LogP contribution in [0.1, 0.15) is 71.8 Å². The predicted molar refractivity (Wildman–Crippen MR) is 159 cm³/mol. The van der Waals surface area contributed by atoms with E-state index in [1.54, 1.807) is 18.2 Å². The van der Waals surface area contributed by atoms with Gasteiger partial charge in [0.2, 0.25) is 5.91 Å². The van der Waals surface area contributed by atoms with Crippen LogP contribution in [-0.4, -0.2) is 61.2 Å². The van der Waals surface area contributed by atoms with Gasteiger partial charge in [-0.3, -0.25) is 9.63 Å². The van der Waals surface area contributed by atoms with Gasteiger partial charge in [0.15, 0.2) is 9.84 Å². The normalized spacial score (nSPS) is 22.4. The van der Waals surface area contributed by atoms with Gasteiger partial charge in [0.1, 0.15) is 12.1 Å². The lowest BCUT2D eigenvalue weighted by Gasteiger charge is -2.33. The average molecular weight is 577 g/mol. The first-order valence-electron chi connectivity index (χ1n) is 14.1. The monoisotopic (exact) mass is 576 g/mol. The van der Waals surface area contributed by atoms with Crippen molar-refractivity contribution in [3.8, 4) is 11.1 Å². The molecule has 2 fully saturated rings. The fourth-order valence-electron chi connectivity index (χ4n) is 5.20. The molecule has 224 valence electrons. The van der Waals surface area contributed by atoms with Crippen LogP contribution < -0.4 is 5.73 Å². The Hall–Kier alpha value is -2.30. The molecule has 1 heterocycles. The van der Waals surface area contributed by atoms with Gasteiger partial charge in [-0.2, -0.15) is 5.06 Å². The highest BCUT2D eigenvalue weighted by Crippen LogP contribution is 2.38. The highest BCUT2D eigenvalue weighted by Gasteiger charge is 2.36. The second-order valence-electron chi connectivity index (χ2n) is 11.7. The van der Waals surface area contributed by atoms with Gasteiger partial charge in [-0.05, 0) is 65.5 Å². The highest BCUT2D eigenvalue weighted by molar-refractivity contribution is 7.90. The molecule has 2 aromatic rings. The van der Waals surface area contributed by atoms with E-state index in [1.807, 2.05) is 37.3 Å². The summed E-state index contributed by atoms with van der Waals surface area (Å²) >= 11 is 0. The van der Waals surface area contributed by atoms with Crippen molar-refractivity contribution in [3.63, 3.8) is 0 Å². The maximum atomic E-state index is 11.8. The Morgan fingerprint density at radius 2 is 1.75 bits per heavy atom. The van der Waals surface area contributed by atoms with E-state index in [4.69, 9.17) is 15.7 Å². The number of primary amides is 1. The third-order valence-electron chi connectivity index (χ3n) is 7.19. The number of benzene rings is 2. The van der Waals surface area contributed by atoms with Gasteiger partial charge in [0.05, 0.1) is 18.0 Å². The molecule has 1 aliphatic carbocycles. The Bertz CT molecular complexity index is 1180. The molecule has 2 aromatic carbocycles. The van der Waals surface area contributed by atoms with E-state index in [0.29, 0.717) is 25.0 Å². The number of hydrogen-bond donors (Lipinski definition) is 3. The lowest BCUT2D eigenvalue weighted by Crippen LogP contribution is -2.39. The second-order valence-corrected chi connectivity index (χ2v) is 13.7. The van der Waals surface area contributed by atoms with Crippen molar-refractivity contribution in [1.82, 2.24) is 5.06 Å². The molecule has 0 bridgehead atoms. The SMILES string of the molecule is CC1CCCC(C)(C)C1.CCCO.CS(=O)(=O)c1cccc(-c2cccc(CN3OC(CO)C[C@H]3C(N)=O)c2)c1. The largest absolute Gasteiger partial charge is 0.396 e. The maximum absolute atomic E-state index is 11.8. The van der Waals surface area contributed by atoms with E-state index >= 15 is 0 Å². The molecular formula is C31H48N2O6S. The number of nitrogens with two attached hydrogens (primary N) is 1. The third-order valence-corrected chi connectivity index (χ3v) is 8.30. The summed E-state index contributed by atoms with van der Waals surface area (Å²) in [6, 6.07) is 13.7. The second kappa shape index (κ2) is 15.6. The Balaban J connectivity index is 0.000000356. The minimum absolute atomic E-state index is 0.182. The Kier molecular flexibility index (Phi) is 13.3. The fraction of sp³-hybridized carbons (Fsp3) is 0.581. The molecule has 0 spiro atoms. The highest BCUT2D eigenvalue weighted by atomic mass is 32.2. The van der Waals surface area contributed by atoms with E-state index in [-0.39, 0.29) is 11.5 Å². The van der Waals surface area contributed by atoms with Crippen molar-refractivity contribution < 1.29 is 28.3 Å². The minimum Gasteiger partial charge on any atom is -0.396 e. The Labute approximate surface area is 240 Å². The number of sulfone groups is 1. The summed E-state index contributed by atoms with van der Waals surface area (Å²) in [6.45, 7) is 9.55. The first-order chi connectivity index (χ1) is 18.8. The van der Waals surface area contributed by atoms with Crippen LogP contribution in [0.25, 0.3) is 11.1 Å². The molecular weight excluding hydrogens is 528 g/mol. The Morgan fingerprint density at radius 3 is 2.25 bits per heavy atom. The first kappa shape index (κ1) is 33.9. The van der Waals surface area contributed by atoms with Crippen LogP contribution in [0.2, 0.25) is 0 Å². The van der Waals surface area contributed by atoms with E-state index in [0.717, 1.165) is 29.0 Å². The van der Waals surface area contributed by atoms with Gasteiger partial charge >= 0.3 is 0 Å². The van der Waals surface area contributed by atoms with Crippen LogP contribution in [0.15, 0.2) is 53.4 Å². The van der Waals surface area contributed by atoms with Crippen LogP contribution in [0, 0.1) is 11.3 Å². The summed E-state index contributed by atoms with van der Waals surface area (Å²) in [5.74, 6) is 0.483. The molecule has 0 radical (unpaired) electrons. The molecule has 2 aliphatic rings. The summed E-state index contributed by atoms with van der Waals surface area (Å²) < 4.78 is 23.6. The molecule has 4 rings (SSSR count). The van der Waals surface area contributed by atoms with Crippen LogP contribution in [0.4, 0.5) is 0 Å². The summed E-state index contributed by atoms with van der Waals surface area (Å²) in [5.41, 5.74) is 8.60. The molecule has 0 aromatic heterocycles. The van der Waals surface area contributed by atoms with Crippen LogP contribution >= 0.6 is 0 Å². The topological polar surface area (TPSA) is 130 Å². The number of rotatable bonds is 7. The van der Waals surface area contributed by atoms with Gasteiger partial charge in [-0.25, -0.2) is 8.42 Å². The van der Waals surface area contributed by atoms with Crippen LogP contribution in [0.5, 0.6) is 0 Å². The van der Waals surface area contributed by atoms with Gasteiger partial charge in [-0.15, -0.1) is 0 Å². The van der Waals surface area contributed by atoms with Gasteiger partial charge in [-0.1, -0.05) is 70.9 Å². The number of carbonyl (C=O) groups excluding carboxylic acids is 1. The molecule has 1 amide bonds. The molecule has 1 saturated carbocycles. The molecule has 9 heteroatoms. The lowest BCUT2D eigenvalue weighted by atomic mass is 9.73. The van der Waals surface area contributed by atoms with E-state index in [1.165, 1.54) is 37.0 Å². The molecule has 1 saturated heterocycles. The molecule has 8 nitrogen and oxygen atoms in total.